The number of nitrogens with zero attached hydrogens (tertiary/aromatic N) is 2. The van der Waals surface area contributed by atoms with Crippen LogP contribution in [0.3, 0.4) is 0 Å². The third-order valence-electron chi connectivity index (χ3n) is 2.52. The van der Waals surface area contributed by atoms with Crippen LogP contribution in [-0.2, 0) is 9.59 Å². The lowest BCUT2D eigenvalue weighted by Crippen LogP contribution is -2.45. The molecule has 0 saturated carbocycles. The Balaban J connectivity index is 2.96. The molecule has 7 heteroatoms. The predicted molar refractivity (Wildman–Crippen MR) is 52.6 cm³/mol. The second-order valence-corrected chi connectivity index (χ2v) is 4.00. The molecule has 0 aliphatic carbocycles. The van der Waals surface area contributed by atoms with Crippen molar-refractivity contribution in [1.29, 1.82) is 0 Å². The van der Waals surface area contributed by atoms with Crippen molar-refractivity contribution in [2.75, 3.05) is 19.7 Å². The van der Waals surface area contributed by atoms with E-state index in [2.05, 4.69) is 0 Å². The summed E-state index contributed by atoms with van der Waals surface area (Å²) in [5.74, 6) is -1.81. The summed E-state index contributed by atoms with van der Waals surface area (Å²) in [5.41, 5.74) is -1.10. The summed E-state index contributed by atoms with van der Waals surface area (Å²) in [5, 5.41) is 17.4. The first-order valence-corrected chi connectivity index (χ1v) is 4.78. The zero-order chi connectivity index (χ0) is 12.5. The van der Waals surface area contributed by atoms with Crippen molar-refractivity contribution in [3.8, 4) is 0 Å². The summed E-state index contributed by atoms with van der Waals surface area (Å²) in [6.45, 7) is 2.12. The minimum atomic E-state index is -1.25. The normalized spacial score (nSPS) is 19.4. The summed E-state index contributed by atoms with van der Waals surface area (Å²) in [4.78, 5) is 35.8. The standard InChI is InChI=1S/C9H14N2O5/c1-9(2)7(15)10(5-6(13)14)8(16)11(9)3-4-12/h12H,3-5H2,1-2H3,(H,13,14). The number of imide groups is 1. The molecular formula is C9H14N2O5. The summed E-state index contributed by atoms with van der Waals surface area (Å²) in [6, 6.07) is -0.675. The monoisotopic (exact) mass is 230 g/mol. The zero-order valence-electron chi connectivity index (χ0n) is 9.13. The van der Waals surface area contributed by atoms with Crippen LogP contribution in [0.1, 0.15) is 13.8 Å². The lowest BCUT2D eigenvalue weighted by Gasteiger charge is -2.26. The molecule has 1 fully saturated rings. The van der Waals surface area contributed by atoms with Crippen molar-refractivity contribution >= 4 is 17.9 Å². The van der Waals surface area contributed by atoms with E-state index < -0.39 is 30.0 Å². The van der Waals surface area contributed by atoms with Gasteiger partial charge in [0.2, 0.25) is 0 Å². The molecule has 1 heterocycles. The van der Waals surface area contributed by atoms with Crippen LogP contribution in [0.2, 0.25) is 0 Å². The fraction of sp³-hybridized carbons (Fsp3) is 0.667. The van der Waals surface area contributed by atoms with Crippen LogP contribution in [0.4, 0.5) is 4.79 Å². The molecule has 90 valence electrons. The molecule has 0 aromatic rings. The highest BCUT2D eigenvalue weighted by molar-refractivity contribution is 6.08. The minimum absolute atomic E-state index is 0.00763. The lowest BCUT2D eigenvalue weighted by molar-refractivity contribution is -0.142. The van der Waals surface area contributed by atoms with E-state index in [1.165, 1.54) is 13.8 Å². The summed E-state index contributed by atoms with van der Waals surface area (Å²) >= 11 is 0. The van der Waals surface area contributed by atoms with Crippen LogP contribution < -0.4 is 0 Å². The summed E-state index contributed by atoms with van der Waals surface area (Å²) in [7, 11) is 0. The van der Waals surface area contributed by atoms with E-state index >= 15 is 0 Å². The number of hydrogen-bond donors (Lipinski definition) is 2. The highest BCUT2D eigenvalue weighted by atomic mass is 16.4. The number of carboxylic acids is 1. The van der Waals surface area contributed by atoms with Gasteiger partial charge in [0.1, 0.15) is 12.1 Å². The Bertz CT molecular complexity index is 339. The van der Waals surface area contributed by atoms with Crippen LogP contribution in [0, 0.1) is 0 Å². The number of rotatable bonds is 4. The zero-order valence-corrected chi connectivity index (χ0v) is 9.13. The van der Waals surface area contributed by atoms with Gasteiger partial charge >= 0.3 is 12.0 Å². The number of amides is 3. The van der Waals surface area contributed by atoms with Gasteiger partial charge in [-0.25, -0.2) is 4.79 Å². The van der Waals surface area contributed by atoms with Crippen LogP contribution in [-0.4, -0.2) is 63.2 Å². The van der Waals surface area contributed by atoms with E-state index in [4.69, 9.17) is 10.2 Å². The Morgan fingerprint density at radius 3 is 2.38 bits per heavy atom. The molecule has 1 rings (SSSR count). The van der Waals surface area contributed by atoms with Crippen molar-refractivity contribution < 1.29 is 24.6 Å². The number of β-amino-alcohol motifs (C(OH)–C–C–N with tert-alkyl or cyclic N) is 1. The summed E-state index contributed by atoms with van der Waals surface area (Å²) in [6.07, 6.45) is 0. The molecule has 0 radical (unpaired) electrons. The Morgan fingerprint density at radius 2 is 1.94 bits per heavy atom. The molecule has 0 atom stereocenters. The average molecular weight is 230 g/mol. The average Bonchev–Trinajstić information content (AvgIpc) is 2.32. The number of aliphatic carboxylic acids is 1. The fourth-order valence-electron chi connectivity index (χ4n) is 1.67. The van der Waals surface area contributed by atoms with Crippen molar-refractivity contribution in [1.82, 2.24) is 9.80 Å². The Hall–Kier alpha value is -1.63. The van der Waals surface area contributed by atoms with Gasteiger partial charge in [-0.3, -0.25) is 14.5 Å². The van der Waals surface area contributed by atoms with Gasteiger partial charge in [-0.15, -0.1) is 0 Å². The van der Waals surface area contributed by atoms with E-state index in [0.717, 1.165) is 4.90 Å². The van der Waals surface area contributed by atoms with Gasteiger partial charge in [0.25, 0.3) is 5.91 Å². The van der Waals surface area contributed by atoms with Gasteiger partial charge in [-0.2, -0.15) is 0 Å². The van der Waals surface area contributed by atoms with Crippen molar-refractivity contribution in [3.05, 3.63) is 0 Å². The number of carboxylic acid groups (broad SMARTS) is 1. The molecule has 0 unspecified atom stereocenters. The molecule has 16 heavy (non-hydrogen) atoms. The Labute approximate surface area is 92.2 Å². The van der Waals surface area contributed by atoms with Crippen molar-refractivity contribution in [2.45, 2.75) is 19.4 Å². The molecule has 1 saturated heterocycles. The van der Waals surface area contributed by atoms with Gasteiger partial charge in [-0.05, 0) is 13.8 Å². The third-order valence-corrected chi connectivity index (χ3v) is 2.52. The maximum atomic E-state index is 11.8. The smallest absolute Gasteiger partial charge is 0.328 e. The van der Waals surface area contributed by atoms with Crippen molar-refractivity contribution in [2.24, 2.45) is 0 Å². The van der Waals surface area contributed by atoms with Crippen LogP contribution in [0.15, 0.2) is 0 Å². The van der Waals surface area contributed by atoms with Gasteiger partial charge in [0.15, 0.2) is 0 Å². The van der Waals surface area contributed by atoms with Crippen LogP contribution >= 0.6 is 0 Å². The second kappa shape index (κ2) is 4.09. The number of aliphatic hydroxyl groups is 1. The molecule has 0 spiro atoms. The van der Waals surface area contributed by atoms with Gasteiger partial charge in [0, 0.05) is 6.54 Å². The SMILES string of the molecule is CC1(C)C(=O)N(CC(=O)O)C(=O)N1CCO. The quantitative estimate of drug-likeness (QED) is 0.610. The number of aliphatic hydroxyl groups excluding tert-OH is 1. The molecule has 7 nitrogen and oxygen atoms in total. The van der Waals surface area contributed by atoms with E-state index in [9.17, 15) is 14.4 Å². The minimum Gasteiger partial charge on any atom is -0.480 e. The number of urea groups is 1. The first kappa shape index (κ1) is 12.4. The molecule has 0 aromatic heterocycles. The molecule has 3 amide bonds. The van der Waals surface area contributed by atoms with Crippen molar-refractivity contribution in [3.63, 3.8) is 0 Å². The first-order chi connectivity index (χ1) is 7.32. The third kappa shape index (κ3) is 1.85. The number of carbonyl (C=O) groups is 3. The van der Waals surface area contributed by atoms with Crippen LogP contribution in [0.25, 0.3) is 0 Å². The van der Waals surface area contributed by atoms with E-state index in [1.54, 1.807) is 0 Å². The van der Waals surface area contributed by atoms with Gasteiger partial charge < -0.3 is 15.1 Å². The maximum absolute atomic E-state index is 11.8. The van der Waals surface area contributed by atoms with E-state index in [-0.39, 0.29) is 13.2 Å². The second-order valence-electron chi connectivity index (χ2n) is 4.00. The Kier molecular flexibility index (Phi) is 3.18. The van der Waals surface area contributed by atoms with E-state index in [0.29, 0.717) is 4.90 Å². The number of carbonyl (C=O) groups excluding carboxylic acids is 2. The molecule has 0 aromatic carbocycles. The lowest BCUT2D eigenvalue weighted by atomic mass is 10.0. The molecule has 1 aliphatic heterocycles. The first-order valence-electron chi connectivity index (χ1n) is 4.78. The highest BCUT2D eigenvalue weighted by Crippen LogP contribution is 2.26. The summed E-state index contributed by atoms with van der Waals surface area (Å²) < 4.78 is 0. The van der Waals surface area contributed by atoms with E-state index in [1.807, 2.05) is 0 Å². The van der Waals surface area contributed by atoms with Gasteiger partial charge in [0.05, 0.1) is 6.61 Å². The Morgan fingerprint density at radius 1 is 1.38 bits per heavy atom. The number of hydrogen-bond acceptors (Lipinski definition) is 4. The largest absolute Gasteiger partial charge is 0.480 e. The van der Waals surface area contributed by atoms with Crippen LogP contribution in [0.5, 0.6) is 0 Å². The molecule has 2 N–H and O–H groups in total. The van der Waals surface area contributed by atoms with Gasteiger partial charge in [-0.1, -0.05) is 0 Å². The molecule has 0 bridgehead atoms. The molecule has 1 aliphatic rings. The topological polar surface area (TPSA) is 98.2 Å². The maximum Gasteiger partial charge on any atom is 0.328 e. The predicted octanol–water partition coefficient (Wildman–Crippen LogP) is -0.894. The molecular weight excluding hydrogens is 216 g/mol. The fourth-order valence-corrected chi connectivity index (χ4v) is 1.67. The highest BCUT2D eigenvalue weighted by Gasteiger charge is 2.51.